The number of carbonyl (C=O) groups is 1. The monoisotopic (exact) mass is 240 g/mol. The molecular weight excluding hydrogens is 228 g/mol. The summed E-state index contributed by atoms with van der Waals surface area (Å²) in [4.78, 5) is 20.5. The smallest absolute Gasteiger partial charge is 0.404 e. The highest BCUT2D eigenvalue weighted by Gasteiger charge is 2.14. The highest BCUT2D eigenvalue weighted by Crippen LogP contribution is 2.15. The number of rotatable bonds is 5. The average Bonchev–Trinajstić information content (AvgIpc) is 2.28. The van der Waals surface area contributed by atoms with Crippen LogP contribution < -0.4 is 5.73 Å². The minimum atomic E-state index is -0.991. The summed E-state index contributed by atoms with van der Waals surface area (Å²) in [7, 11) is 0. The van der Waals surface area contributed by atoms with Gasteiger partial charge < -0.3 is 15.6 Å². The Kier molecular flexibility index (Phi) is 4.41. The van der Waals surface area contributed by atoms with E-state index in [0.717, 1.165) is 0 Å². The number of non-ortho nitro benzene ring substituents is 1. The second-order valence-electron chi connectivity index (χ2n) is 3.37. The number of ether oxygens (including phenoxy) is 1. The molecule has 1 aromatic carbocycles. The van der Waals surface area contributed by atoms with Gasteiger partial charge in [-0.15, -0.1) is 0 Å². The third kappa shape index (κ3) is 4.07. The molecule has 92 valence electrons. The van der Waals surface area contributed by atoms with Crippen molar-refractivity contribution in [3.05, 3.63) is 39.9 Å². The zero-order chi connectivity index (χ0) is 12.8. The molecule has 1 unspecified atom stereocenters. The first-order valence-electron chi connectivity index (χ1n) is 4.83. The molecule has 0 aliphatic heterocycles. The molecule has 0 aromatic heterocycles. The molecule has 0 aliphatic carbocycles. The van der Waals surface area contributed by atoms with Crippen LogP contribution in [0.4, 0.5) is 10.5 Å². The number of nitrogens with two attached hydrogens (primary N) is 1. The first-order chi connectivity index (χ1) is 8.02. The lowest BCUT2D eigenvalue weighted by Crippen LogP contribution is -2.27. The lowest BCUT2D eigenvalue weighted by molar-refractivity contribution is -0.384. The van der Waals surface area contributed by atoms with Crippen molar-refractivity contribution in [2.24, 2.45) is 5.73 Å². The zero-order valence-corrected chi connectivity index (χ0v) is 8.91. The summed E-state index contributed by atoms with van der Waals surface area (Å²) in [5, 5.41) is 19.5. The first kappa shape index (κ1) is 12.9. The maximum absolute atomic E-state index is 10.5. The fourth-order valence-electron chi connectivity index (χ4n) is 1.37. The van der Waals surface area contributed by atoms with Crippen molar-refractivity contribution in [3.8, 4) is 0 Å². The Bertz CT molecular complexity index is 421. The van der Waals surface area contributed by atoms with E-state index < -0.39 is 23.7 Å². The Balaban J connectivity index is 2.75. The van der Waals surface area contributed by atoms with Crippen LogP contribution in [0.2, 0.25) is 0 Å². The van der Waals surface area contributed by atoms with Gasteiger partial charge in [0.15, 0.2) is 0 Å². The number of nitro groups is 1. The van der Waals surface area contributed by atoms with Crippen molar-refractivity contribution in [2.75, 3.05) is 6.61 Å². The molecule has 0 fully saturated rings. The number of primary amides is 1. The number of nitro benzene ring substituents is 1. The van der Waals surface area contributed by atoms with E-state index in [1.807, 2.05) is 0 Å². The van der Waals surface area contributed by atoms with E-state index in [0.29, 0.717) is 5.56 Å². The van der Waals surface area contributed by atoms with Crippen LogP contribution in [0, 0.1) is 10.1 Å². The van der Waals surface area contributed by atoms with E-state index in [-0.39, 0.29) is 12.1 Å². The van der Waals surface area contributed by atoms with Gasteiger partial charge in [0.2, 0.25) is 0 Å². The highest BCUT2D eigenvalue weighted by molar-refractivity contribution is 5.64. The van der Waals surface area contributed by atoms with Gasteiger partial charge in [0.05, 0.1) is 11.5 Å². The van der Waals surface area contributed by atoms with Gasteiger partial charge in [-0.1, -0.05) is 12.1 Å². The SMILES string of the molecule is NC(=O)OC(CO)Cc1cccc([N+](=O)[O-])c1. The van der Waals surface area contributed by atoms with Crippen LogP contribution >= 0.6 is 0 Å². The average molecular weight is 240 g/mol. The largest absolute Gasteiger partial charge is 0.444 e. The standard InChI is InChI=1S/C10H12N2O5/c11-10(14)17-9(6-13)5-7-2-1-3-8(4-7)12(15)16/h1-4,9,13H,5-6H2,(H2,11,14). The lowest BCUT2D eigenvalue weighted by atomic mass is 10.1. The van der Waals surface area contributed by atoms with Crippen molar-refractivity contribution >= 4 is 11.8 Å². The molecule has 7 heteroatoms. The van der Waals surface area contributed by atoms with E-state index in [2.05, 4.69) is 4.74 Å². The predicted octanol–water partition coefficient (Wildman–Crippen LogP) is 0.593. The molecule has 3 N–H and O–H groups in total. The molecule has 17 heavy (non-hydrogen) atoms. The molecule has 0 heterocycles. The summed E-state index contributed by atoms with van der Waals surface area (Å²) in [6.07, 6.45) is -1.62. The lowest BCUT2D eigenvalue weighted by Gasteiger charge is -2.13. The van der Waals surface area contributed by atoms with Crippen molar-refractivity contribution < 1.29 is 19.6 Å². The minimum Gasteiger partial charge on any atom is -0.444 e. The van der Waals surface area contributed by atoms with Crippen LogP contribution in [0.5, 0.6) is 0 Å². The van der Waals surface area contributed by atoms with Crippen molar-refractivity contribution in [2.45, 2.75) is 12.5 Å². The molecule has 7 nitrogen and oxygen atoms in total. The summed E-state index contributed by atoms with van der Waals surface area (Å²) >= 11 is 0. The Hall–Kier alpha value is -2.15. The van der Waals surface area contributed by atoms with Gasteiger partial charge >= 0.3 is 6.09 Å². The normalized spacial score (nSPS) is 11.8. The third-order valence-corrected chi connectivity index (χ3v) is 2.07. The number of nitrogens with zero attached hydrogens (tertiary/aromatic N) is 1. The number of amides is 1. The van der Waals surface area contributed by atoms with Gasteiger partial charge in [0, 0.05) is 18.6 Å². The minimum absolute atomic E-state index is 0.0572. The van der Waals surface area contributed by atoms with Crippen LogP contribution in [0.1, 0.15) is 5.56 Å². The second kappa shape index (κ2) is 5.80. The Morgan fingerprint density at radius 2 is 2.29 bits per heavy atom. The fraction of sp³-hybridized carbons (Fsp3) is 0.300. The van der Waals surface area contributed by atoms with E-state index in [1.165, 1.54) is 18.2 Å². The van der Waals surface area contributed by atoms with Gasteiger partial charge in [0.25, 0.3) is 5.69 Å². The van der Waals surface area contributed by atoms with E-state index in [4.69, 9.17) is 10.8 Å². The highest BCUT2D eigenvalue weighted by atomic mass is 16.6. The summed E-state index contributed by atoms with van der Waals surface area (Å²) in [5.41, 5.74) is 5.35. The topological polar surface area (TPSA) is 116 Å². The molecule has 1 atom stereocenters. The maximum atomic E-state index is 10.5. The van der Waals surface area contributed by atoms with Gasteiger partial charge in [-0.25, -0.2) is 4.79 Å². The quantitative estimate of drug-likeness (QED) is 0.577. The van der Waals surface area contributed by atoms with Crippen LogP contribution in [-0.2, 0) is 11.2 Å². The molecule has 1 amide bonds. The number of hydrogen-bond acceptors (Lipinski definition) is 5. The Labute approximate surface area is 97.0 Å². The second-order valence-corrected chi connectivity index (χ2v) is 3.37. The number of aliphatic hydroxyl groups is 1. The molecule has 0 aliphatic rings. The van der Waals surface area contributed by atoms with E-state index in [1.54, 1.807) is 6.07 Å². The Morgan fingerprint density at radius 1 is 1.59 bits per heavy atom. The predicted molar refractivity (Wildman–Crippen MR) is 58.3 cm³/mol. The van der Waals surface area contributed by atoms with Crippen LogP contribution in [0.3, 0.4) is 0 Å². The number of aliphatic hydroxyl groups excluding tert-OH is 1. The summed E-state index contributed by atoms with van der Waals surface area (Å²) in [5.74, 6) is 0. The first-order valence-corrected chi connectivity index (χ1v) is 4.83. The van der Waals surface area contributed by atoms with Gasteiger partial charge in [0.1, 0.15) is 6.10 Å². The molecular formula is C10H12N2O5. The molecule has 1 aromatic rings. The molecule has 0 saturated heterocycles. The number of carbonyl (C=O) groups excluding carboxylic acids is 1. The zero-order valence-electron chi connectivity index (χ0n) is 8.91. The van der Waals surface area contributed by atoms with Crippen LogP contribution in [0.15, 0.2) is 24.3 Å². The summed E-state index contributed by atoms with van der Waals surface area (Å²) < 4.78 is 4.62. The van der Waals surface area contributed by atoms with Crippen molar-refractivity contribution in [1.29, 1.82) is 0 Å². The third-order valence-electron chi connectivity index (χ3n) is 2.07. The van der Waals surface area contributed by atoms with Gasteiger partial charge in [-0.05, 0) is 5.56 Å². The maximum Gasteiger partial charge on any atom is 0.404 e. The Morgan fingerprint density at radius 3 is 2.82 bits per heavy atom. The molecule has 1 rings (SSSR count). The molecule has 0 bridgehead atoms. The summed E-state index contributed by atoms with van der Waals surface area (Å²) in [6.45, 7) is -0.397. The van der Waals surface area contributed by atoms with Crippen molar-refractivity contribution in [3.63, 3.8) is 0 Å². The van der Waals surface area contributed by atoms with E-state index >= 15 is 0 Å². The van der Waals surface area contributed by atoms with Gasteiger partial charge in [-0.2, -0.15) is 0 Å². The van der Waals surface area contributed by atoms with Crippen LogP contribution in [0.25, 0.3) is 0 Å². The van der Waals surface area contributed by atoms with Gasteiger partial charge in [-0.3, -0.25) is 10.1 Å². The number of hydrogen-bond donors (Lipinski definition) is 2. The molecule has 0 spiro atoms. The molecule has 0 saturated carbocycles. The van der Waals surface area contributed by atoms with Crippen LogP contribution in [-0.4, -0.2) is 28.8 Å². The van der Waals surface area contributed by atoms with E-state index in [9.17, 15) is 14.9 Å². The van der Waals surface area contributed by atoms with Crippen molar-refractivity contribution in [1.82, 2.24) is 0 Å². The molecule has 0 radical (unpaired) electrons. The number of benzene rings is 1. The fourth-order valence-corrected chi connectivity index (χ4v) is 1.37. The summed E-state index contributed by atoms with van der Waals surface area (Å²) in [6, 6.07) is 5.87.